The molecule has 0 aliphatic heterocycles. The first-order valence-corrected chi connectivity index (χ1v) is 7.02. The third-order valence-corrected chi connectivity index (χ3v) is 3.95. The van der Waals surface area contributed by atoms with E-state index in [2.05, 4.69) is 12.2 Å². The van der Waals surface area contributed by atoms with Gasteiger partial charge in [-0.2, -0.15) is 0 Å². The van der Waals surface area contributed by atoms with Gasteiger partial charge in [0.15, 0.2) is 0 Å². The number of carbonyl (C=O) groups is 1. The molecule has 1 aromatic rings. The van der Waals surface area contributed by atoms with E-state index in [9.17, 15) is 4.79 Å². The largest absolute Gasteiger partial charge is 0.398 e. The van der Waals surface area contributed by atoms with Gasteiger partial charge < -0.3 is 16.8 Å². The summed E-state index contributed by atoms with van der Waals surface area (Å²) in [5.41, 5.74) is 12.8. The Bertz CT molecular complexity index is 459. The average Bonchev–Trinajstić information content (AvgIpc) is 2.56. The maximum Gasteiger partial charge on any atom is 0.250 e. The predicted molar refractivity (Wildman–Crippen MR) is 79.0 cm³/mol. The second kappa shape index (κ2) is 5.95. The molecule has 5 N–H and O–H groups in total. The summed E-state index contributed by atoms with van der Waals surface area (Å²) >= 11 is 0. The molecule has 2 atom stereocenters. The summed E-state index contributed by atoms with van der Waals surface area (Å²) in [7, 11) is 0. The number of nitrogen functional groups attached to an aromatic ring is 1. The third-order valence-electron chi connectivity index (χ3n) is 3.95. The second-order valence-electron chi connectivity index (χ2n) is 5.62. The van der Waals surface area contributed by atoms with E-state index < -0.39 is 5.91 Å². The molecule has 0 aromatic heterocycles. The number of carbonyl (C=O) groups excluding carboxylic acids is 1. The SMILES string of the molecule is CC1CCCC(Nc2ccc(N)c(C(N)=O)c2)CC1. The number of anilines is 2. The fourth-order valence-corrected chi connectivity index (χ4v) is 2.73. The van der Waals surface area contributed by atoms with Gasteiger partial charge in [-0.05, 0) is 43.4 Å². The molecule has 0 saturated heterocycles. The van der Waals surface area contributed by atoms with Crippen molar-refractivity contribution >= 4 is 17.3 Å². The van der Waals surface area contributed by atoms with Gasteiger partial charge in [0, 0.05) is 17.4 Å². The van der Waals surface area contributed by atoms with Crippen LogP contribution in [0.2, 0.25) is 0 Å². The van der Waals surface area contributed by atoms with Crippen LogP contribution in [0.3, 0.4) is 0 Å². The molecule has 1 saturated carbocycles. The zero-order valence-corrected chi connectivity index (χ0v) is 11.5. The Morgan fingerprint density at radius 2 is 2.05 bits per heavy atom. The lowest BCUT2D eigenvalue weighted by molar-refractivity contribution is 0.100. The molecule has 0 bridgehead atoms. The Morgan fingerprint density at radius 3 is 2.79 bits per heavy atom. The molecular formula is C15H23N3O. The van der Waals surface area contributed by atoms with E-state index >= 15 is 0 Å². The van der Waals surface area contributed by atoms with Crippen LogP contribution in [-0.2, 0) is 0 Å². The van der Waals surface area contributed by atoms with Crippen molar-refractivity contribution in [2.45, 2.75) is 45.1 Å². The lowest BCUT2D eigenvalue weighted by Gasteiger charge is -2.18. The number of nitrogens with two attached hydrogens (primary N) is 2. The normalized spacial score (nSPS) is 23.6. The first-order chi connectivity index (χ1) is 9.06. The maximum atomic E-state index is 11.3. The number of amides is 1. The number of rotatable bonds is 3. The van der Waals surface area contributed by atoms with Crippen LogP contribution >= 0.6 is 0 Å². The number of nitrogens with one attached hydrogen (secondary N) is 1. The molecule has 4 heteroatoms. The Balaban J connectivity index is 2.06. The van der Waals surface area contributed by atoms with Gasteiger partial charge in [-0.15, -0.1) is 0 Å². The fraction of sp³-hybridized carbons (Fsp3) is 0.533. The van der Waals surface area contributed by atoms with Crippen LogP contribution in [0.5, 0.6) is 0 Å². The highest BCUT2D eigenvalue weighted by atomic mass is 16.1. The van der Waals surface area contributed by atoms with Crippen LogP contribution in [-0.4, -0.2) is 11.9 Å². The van der Waals surface area contributed by atoms with E-state index in [-0.39, 0.29) is 0 Å². The standard InChI is InChI=1S/C15H23N3O/c1-10-3-2-4-11(6-5-10)18-12-7-8-14(16)13(9-12)15(17)19/h7-11,18H,2-6,16H2,1H3,(H2,17,19). The van der Waals surface area contributed by atoms with Gasteiger partial charge in [0.05, 0.1) is 5.56 Å². The fourth-order valence-electron chi connectivity index (χ4n) is 2.73. The summed E-state index contributed by atoms with van der Waals surface area (Å²) in [6.45, 7) is 2.32. The van der Waals surface area contributed by atoms with Crippen molar-refractivity contribution < 1.29 is 4.79 Å². The van der Waals surface area contributed by atoms with Crippen molar-refractivity contribution in [1.82, 2.24) is 0 Å². The lowest BCUT2D eigenvalue weighted by atomic mass is 10.0. The monoisotopic (exact) mass is 261 g/mol. The molecule has 1 aliphatic carbocycles. The van der Waals surface area contributed by atoms with Crippen LogP contribution in [0, 0.1) is 5.92 Å². The van der Waals surface area contributed by atoms with Gasteiger partial charge in [0.2, 0.25) is 0 Å². The van der Waals surface area contributed by atoms with Crippen molar-refractivity contribution in [3.63, 3.8) is 0 Å². The second-order valence-corrected chi connectivity index (χ2v) is 5.62. The van der Waals surface area contributed by atoms with Gasteiger partial charge in [0.25, 0.3) is 5.91 Å². The van der Waals surface area contributed by atoms with E-state index in [1.807, 2.05) is 6.07 Å². The van der Waals surface area contributed by atoms with Crippen molar-refractivity contribution in [1.29, 1.82) is 0 Å². The van der Waals surface area contributed by atoms with Crippen LogP contribution in [0.15, 0.2) is 18.2 Å². The topological polar surface area (TPSA) is 81.1 Å². The number of primary amides is 1. The van der Waals surface area contributed by atoms with E-state index in [0.29, 0.717) is 17.3 Å². The molecule has 2 rings (SSSR count). The number of hydrogen-bond acceptors (Lipinski definition) is 3. The molecular weight excluding hydrogens is 238 g/mol. The minimum absolute atomic E-state index is 0.395. The summed E-state index contributed by atoms with van der Waals surface area (Å²) in [5.74, 6) is 0.343. The summed E-state index contributed by atoms with van der Waals surface area (Å²) in [5, 5.41) is 3.50. The molecule has 104 valence electrons. The van der Waals surface area contributed by atoms with Gasteiger partial charge in [0.1, 0.15) is 0 Å². The summed E-state index contributed by atoms with van der Waals surface area (Å²) in [6.07, 6.45) is 6.19. The molecule has 4 nitrogen and oxygen atoms in total. The smallest absolute Gasteiger partial charge is 0.250 e. The number of benzene rings is 1. The van der Waals surface area contributed by atoms with Crippen molar-refractivity contribution in [2.75, 3.05) is 11.1 Å². The molecule has 2 unspecified atom stereocenters. The van der Waals surface area contributed by atoms with Crippen LogP contribution in [0.4, 0.5) is 11.4 Å². The summed E-state index contributed by atoms with van der Waals surface area (Å²) < 4.78 is 0. The molecule has 0 heterocycles. The van der Waals surface area contributed by atoms with Crippen molar-refractivity contribution in [2.24, 2.45) is 11.7 Å². The lowest BCUT2D eigenvalue weighted by Crippen LogP contribution is -2.19. The van der Waals surface area contributed by atoms with Crippen LogP contribution in [0.1, 0.15) is 49.4 Å². The zero-order chi connectivity index (χ0) is 13.8. The molecule has 1 aliphatic rings. The minimum Gasteiger partial charge on any atom is -0.398 e. The highest BCUT2D eigenvalue weighted by molar-refractivity contribution is 5.98. The molecule has 1 amide bonds. The highest BCUT2D eigenvalue weighted by Crippen LogP contribution is 2.26. The third kappa shape index (κ3) is 3.63. The predicted octanol–water partition coefficient (Wildman–Crippen LogP) is 2.75. The summed E-state index contributed by atoms with van der Waals surface area (Å²) in [4.78, 5) is 11.3. The van der Waals surface area contributed by atoms with E-state index in [1.165, 1.54) is 32.1 Å². The van der Waals surface area contributed by atoms with E-state index in [0.717, 1.165) is 11.6 Å². The maximum absolute atomic E-state index is 11.3. The minimum atomic E-state index is -0.476. The van der Waals surface area contributed by atoms with Gasteiger partial charge in [-0.1, -0.05) is 19.8 Å². The molecule has 0 radical (unpaired) electrons. The zero-order valence-electron chi connectivity index (χ0n) is 11.5. The number of hydrogen-bond donors (Lipinski definition) is 3. The Hall–Kier alpha value is -1.71. The quantitative estimate of drug-likeness (QED) is 0.578. The van der Waals surface area contributed by atoms with Gasteiger partial charge >= 0.3 is 0 Å². The first kappa shape index (κ1) is 13.7. The van der Waals surface area contributed by atoms with Crippen LogP contribution in [0.25, 0.3) is 0 Å². The van der Waals surface area contributed by atoms with Crippen molar-refractivity contribution in [3.05, 3.63) is 23.8 Å². The van der Waals surface area contributed by atoms with Gasteiger partial charge in [-0.3, -0.25) is 4.79 Å². The molecule has 1 aromatic carbocycles. The van der Waals surface area contributed by atoms with Gasteiger partial charge in [-0.25, -0.2) is 0 Å². The van der Waals surface area contributed by atoms with Crippen molar-refractivity contribution in [3.8, 4) is 0 Å². The molecule has 19 heavy (non-hydrogen) atoms. The van der Waals surface area contributed by atoms with Crippen LogP contribution < -0.4 is 16.8 Å². The average molecular weight is 261 g/mol. The first-order valence-electron chi connectivity index (χ1n) is 7.02. The molecule has 1 fully saturated rings. The Labute approximate surface area is 114 Å². The van der Waals surface area contributed by atoms with E-state index in [1.54, 1.807) is 12.1 Å². The van der Waals surface area contributed by atoms with E-state index in [4.69, 9.17) is 11.5 Å². The Kier molecular flexibility index (Phi) is 4.30. The highest BCUT2D eigenvalue weighted by Gasteiger charge is 2.16. The Morgan fingerprint density at radius 1 is 1.26 bits per heavy atom. The molecule has 0 spiro atoms. The summed E-state index contributed by atoms with van der Waals surface area (Å²) in [6, 6.07) is 5.89.